The highest BCUT2D eigenvalue weighted by molar-refractivity contribution is 14.1. The Balaban J connectivity index is 1.92. The molecule has 2 N–H and O–H groups in total. The van der Waals surface area contributed by atoms with Gasteiger partial charge in [-0.05, 0) is 47.2 Å². The second-order valence-electron chi connectivity index (χ2n) is 3.81. The van der Waals surface area contributed by atoms with Crippen molar-refractivity contribution in [3.63, 3.8) is 0 Å². The molecule has 0 radical (unpaired) electrons. The van der Waals surface area contributed by atoms with Crippen LogP contribution in [0.4, 0.5) is 10.1 Å². The SMILES string of the molecule is O=C1CCC(CNc2ccc(F)cc2I)N1. The molecule has 1 saturated heterocycles. The molecule has 0 spiro atoms. The van der Waals surface area contributed by atoms with E-state index < -0.39 is 0 Å². The number of rotatable bonds is 3. The molecule has 3 nitrogen and oxygen atoms in total. The summed E-state index contributed by atoms with van der Waals surface area (Å²) in [6, 6.07) is 4.82. The highest BCUT2D eigenvalue weighted by Crippen LogP contribution is 2.19. The van der Waals surface area contributed by atoms with Crippen molar-refractivity contribution >= 4 is 34.2 Å². The predicted octanol–water partition coefficient (Wildman–Crippen LogP) is 2.12. The summed E-state index contributed by atoms with van der Waals surface area (Å²) in [4.78, 5) is 11.0. The Bertz CT molecular complexity index is 411. The highest BCUT2D eigenvalue weighted by Gasteiger charge is 2.20. The van der Waals surface area contributed by atoms with Crippen LogP contribution in [0.2, 0.25) is 0 Å². The smallest absolute Gasteiger partial charge is 0.220 e. The average Bonchev–Trinajstić information content (AvgIpc) is 2.63. The van der Waals surface area contributed by atoms with E-state index in [1.54, 1.807) is 6.07 Å². The summed E-state index contributed by atoms with van der Waals surface area (Å²) in [5.74, 6) is -0.121. The van der Waals surface area contributed by atoms with Crippen molar-refractivity contribution in [1.29, 1.82) is 0 Å². The van der Waals surface area contributed by atoms with Crippen LogP contribution in [0.3, 0.4) is 0 Å². The van der Waals surface area contributed by atoms with E-state index in [2.05, 4.69) is 33.2 Å². The fourth-order valence-corrected chi connectivity index (χ4v) is 2.36. The molecular weight excluding hydrogens is 322 g/mol. The Morgan fingerprint density at radius 3 is 3.00 bits per heavy atom. The van der Waals surface area contributed by atoms with Crippen molar-refractivity contribution in [3.05, 3.63) is 27.6 Å². The van der Waals surface area contributed by atoms with Gasteiger partial charge in [0.2, 0.25) is 5.91 Å². The zero-order chi connectivity index (χ0) is 11.5. The number of amides is 1. The Morgan fingerprint density at radius 2 is 2.38 bits per heavy atom. The fourth-order valence-electron chi connectivity index (χ4n) is 1.70. The van der Waals surface area contributed by atoms with Gasteiger partial charge in [0.25, 0.3) is 0 Å². The zero-order valence-corrected chi connectivity index (χ0v) is 10.8. The summed E-state index contributed by atoms with van der Waals surface area (Å²) in [7, 11) is 0. The molecule has 0 bridgehead atoms. The van der Waals surface area contributed by atoms with Gasteiger partial charge in [-0.1, -0.05) is 0 Å². The molecule has 86 valence electrons. The van der Waals surface area contributed by atoms with Crippen molar-refractivity contribution in [2.75, 3.05) is 11.9 Å². The number of carbonyl (C=O) groups is 1. The Labute approximate surface area is 107 Å². The number of hydrogen-bond acceptors (Lipinski definition) is 2. The number of carbonyl (C=O) groups excluding carboxylic acids is 1. The summed E-state index contributed by atoms with van der Waals surface area (Å²) >= 11 is 2.09. The van der Waals surface area contributed by atoms with Gasteiger partial charge in [-0.2, -0.15) is 0 Å². The van der Waals surface area contributed by atoms with Gasteiger partial charge in [-0.25, -0.2) is 4.39 Å². The van der Waals surface area contributed by atoms with Crippen molar-refractivity contribution in [2.24, 2.45) is 0 Å². The molecule has 1 fully saturated rings. The minimum absolute atomic E-state index is 0.112. The molecule has 1 aromatic rings. The summed E-state index contributed by atoms with van der Waals surface area (Å²) in [6.07, 6.45) is 1.47. The lowest BCUT2D eigenvalue weighted by Crippen LogP contribution is -2.31. The average molecular weight is 334 g/mol. The molecule has 0 aromatic heterocycles. The van der Waals surface area contributed by atoms with Gasteiger partial charge < -0.3 is 10.6 Å². The van der Waals surface area contributed by atoms with E-state index in [1.807, 2.05) is 0 Å². The molecular formula is C11H12FIN2O. The zero-order valence-electron chi connectivity index (χ0n) is 8.59. The first kappa shape index (κ1) is 11.6. The first-order chi connectivity index (χ1) is 7.65. The second kappa shape index (κ2) is 4.99. The molecule has 1 aliphatic rings. The Kier molecular flexibility index (Phi) is 3.63. The fraction of sp³-hybridized carbons (Fsp3) is 0.364. The van der Waals surface area contributed by atoms with Crippen molar-refractivity contribution < 1.29 is 9.18 Å². The van der Waals surface area contributed by atoms with Gasteiger partial charge in [-0.3, -0.25) is 4.79 Å². The third-order valence-corrected chi connectivity index (χ3v) is 3.45. The van der Waals surface area contributed by atoms with Crippen LogP contribution in [0, 0.1) is 9.39 Å². The molecule has 1 aliphatic heterocycles. The Hall–Kier alpha value is -0.850. The van der Waals surface area contributed by atoms with E-state index in [9.17, 15) is 9.18 Å². The van der Waals surface area contributed by atoms with E-state index in [-0.39, 0.29) is 17.8 Å². The van der Waals surface area contributed by atoms with Crippen molar-refractivity contribution in [1.82, 2.24) is 5.32 Å². The molecule has 1 atom stereocenters. The van der Waals surface area contributed by atoms with Gasteiger partial charge in [-0.15, -0.1) is 0 Å². The summed E-state index contributed by atoms with van der Waals surface area (Å²) in [6.45, 7) is 0.688. The molecule has 2 rings (SSSR count). The number of anilines is 1. The highest BCUT2D eigenvalue weighted by atomic mass is 127. The quantitative estimate of drug-likeness (QED) is 0.832. The minimum Gasteiger partial charge on any atom is -0.382 e. The van der Waals surface area contributed by atoms with Crippen molar-refractivity contribution in [2.45, 2.75) is 18.9 Å². The van der Waals surface area contributed by atoms with Crippen LogP contribution in [0.5, 0.6) is 0 Å². The van der Waals surface area contributed by atoms with E-state index in [0.29, 0.717) is 13.0 Å². The first-order valence-electron chi connectivity index (χ1n) is 5.13. The topological polar surface area (TPSA) is 41.1 Å². The molecule has 0 saturated carbocycles. The lowest BCUT2D eigenvalue weighted by Gasteiger charge is -2.13. The minimum atomic E-state index is -0.232. The van der Waals surface area contributed by atoms with E-state index in [1.165, 1.54) is 12.1 Å². The molecule has 1 heterocycles. The van der Waals surface area contributed by atoms with E-state index >= 15 is 0 Å². The monoisotopic (exact) mass is 334 g/mol. The maximum Gasteiger partial charge on any atom is 0.220 e. The van der Waals surface area contributed by atoms with Gasteiger partial charge in [0, 0.05) is 28.3 Å². The standard InChI is InChI=1S/C11H12FIN2O/c12-7-1-3-10(9(13)5-7)14-6-8-2-4-11(16)15-8/h1,3,5,8,14H,2,4,6H2,(H,15,16). The van der Waals surface area contributed by atoms with Crippen molar-refractivity contribution in [3.8, 4) is 0 Å². The lowest BCUT2D eigenvalue weighted by atomic mass is 10.2. The molecule has 1 unspecified atom stereocenters. The maximum absolute atomic E-state index is 12.9. The maximum atomic E-state index is 12.9. The molecule has 0 aliphatic carbocycles. The number of nitrogens with one attached hydrogen (secondary N) is 2. The molecule has 5 heteroatoms. The van der Waals surface area contributed by atoms with Gasteiger partial charge in [0.15, 0.2) is 0 Å². The van der Waals surface area contributed by atoms with Gasteiger partial charge in [0.1, 0.15) is 5.82 Å². The van der Waals surface area contributed by atoms with Gasteiger partial charge in [0.05, 0.1) is 0 Å². The first-order valence-corrected chi connectivity index (χ1v) is 6.21. The summed E-state index contributed by atoms with van der Waals surface area (Å²) in [5, 5.41) is 6.09. The van der Waals surface area contributed by atoms with Crippen LogP contribution in [0.25, 0.3) is 0 Å². The Morgan fingerprint density at radius 1 is 1.56 bits per heavy atom. The van der Waals surface area contributed by atoms with Crippen LogP contribution < -0.4 is 10.6 Å². The van der Waals surface area contributed by atoms with Crippen LogP contribution in [0.1, 0.15) is 12.8 Å². The van der Waals surface area contributed by atoms with E-state index in [4.69, 9.17) is 0 Å². The van der Waals surface area contributed by atoms with E-state index in [0.717, 1.165) is 15.7 Å². The molecule has 16 heavy (non-hydrogen) atoms. The molecule has 1 amide bonds. The molecule has 1 aromatic carbocycles. The number of hydrogen-bond donors (Lipinski definition) is 2. The largest absolute Gasteiger partial charge is 0.382 e. The van der Waals surface area contributed by atoms with Gasteiger partial charge >= 0.3 is 0 Å². The third kappa shape index (κ3) is 2.84. The second-order valence-corrected chi connectivity index (χ2v) is 4.97. The summed E-state index contributed by atoms with van der Waals surface area (Å²) in [5.41, 5.74) is 0.906. The van der Waals surface area contributed by atoms with Crippen LogP contribution in [-0.4, -0.2) is 18.5 Å². The van der Waals surface area contributed by atoms with Crippen LogP contribution in [-0.2, 0) is 4.79 Å². The van der Waals surface area contributed by atoms with Crippen LogP contribution >= 0.6 is 22.6 Å². The number of halogens is 2. The normalized spacial score (nSPS) is 19.6. The van der Waals surface area contributed by atoms with Crippen LogP contribution in [0.15, 0.2) is 18.2 Å². The lowest BCUT2D eigenvalue weighted by molar-refractivity contribution is -0.119. The number of benzene rings is 1. The third-order valence-electron chi connectivity index (χ3n) is 2.56. The predicted molar refractivity (Wildman–Crippen MR) is 68.8 cm³/mol. The summed E-state index contributed by atoms with van der Waals surface area (Å²) < 4.78 is 13.7.